The standard InChI is InChI=1S/C7H3Br2IN2/c8-4-1-5(9)7-6(10)2-11-12(7)3-4/h1-3H. The third-order valence-electron chi connectivity index (χ3n) is 1.49. The van der Waals surface area contributed by atoms with Crippen LogP contribution in [-0.2, 0) is 0 Å². The average Bonchev–Trinajstić information content (AvgIpc) is 2.31. The first kappa shape index (κ1) is 8.96. The van der Waals surface area contributed by atoms with E-state index in [-0.39, 0.29) is 0 Å². The van der Waals surface area contributed by atoms with E-state index >= 15 is 0 Å². The van der Waals surface area contributed by atoms with Gasteiger partial charge < -0.3 is 0 Å². The molecule has 12 heavy (non-hydrogen) atoms. The Morgan fingerprint density at radius 3 is 2.92 bits per heavy atom. The van der Waals surface area contributed by atoms with Crippen LogP contribution in [0.15, 0.2) is 27.4 Å². The maximum atomic E-state index is 4.19. The maximum absolute atomic E-state index is 4.19. The molecule has 2 aromatic rings. The van der Waals surface area contributed by atoms with Crippen molar-refractivity contribution in [3.05, 3.63) is 31.0 Å². The fourth-order valence-corrected chi connectivity index (χ4v) is 3.41. The SMILES string of the molecule is Brc1cc(Br)c2c(I)cnn2c1. The first-order valence-electron chi connectivity index (χ1n) is 3.16. The van der Waals surface area contributed by atoms with Crippen LogP contribution in [0.5, 0.6) is 0 Å². The van der Waals surface area contributed by atoms with Crippen LogP contribution in [0.4, 0.5) is 0 Å². The molecule has 0 aliphatic heterocycles. The summed E-state index contributed by atoms with van der Waals surface area (Å²) in [5.41, 5.74) is 1.11. The van der Waals surface area contributed by atoms with Gasteiger partial charge in [0.2, 0.25) is 0 Å². The van der Waals surface area contributed by atoms with Crippen molar-refractivity contribution in [1.82, 2.24) is 9.61 Å². The molecule has 0 unspecified atom stereocenters. The number of hydrogen-bond acceptors (Lipinski definition) is 1. The second-order valence-corrected chi connectivity index (χ2v) is 5.22. The molecule has 0 spiro atoms. The zero-order valence-electron chi connectivity index (χ0n) is 5.76. The van der Waals surface area contributed by atoms with Crippen molar-refractivity contribution in [3.8, 4) is 0 Å². The van der Waals surface area contributed by atoms with E-state index in [1.807, 2.05) is 23.0 Å². The number of hydrogen-bond donors (Lipinski definition) is 0. The lowest BCUT2D eigenvalue weighted by Crippen LogP contribution is -1.87. The summed E-state index contributed by atoms with van der Waals surface area (Å²) in [6.07, 6.45) is 3.77. The molecule has 0 radical (unpaired) electrons. The second kappa shape index (κ2) is 3.26. The topological polar surface area (TPSA) is 17.3 Å². The van der Waals surface area contributed by atoms with Crippen molar-refractivity contribution in [1.29, 1.82) is 0 Å². The minimum atomic E-state index is 1.02. The van der Waals surface area contributed by atoms with Gasteiger partial charge in [0, 0.05) is 15.1 Å². The third kappa shape index (κ3) is 1.42. The molecule has 0 aromatic carbocycles. The van der Waals surface area contributed by atoms with Gasteiger partial charge in [-0.1, -0.05) is 0 Å². The van der Waals surface area contributed by atoms with E-state index in [9.17, 15) is 0 Å². The predicted octanol–water partition coefficient (Wildman–Crippen LogP) is 3.46. The molecule has 2 nitrogen and oxygen atoms in total. The first-order valence-corrected chi connectivity index (χ1v) is 5.83. The summed E-state index contributed by atoms with van der Waals surface area (Å²) in [7, 11) is 0. The first-order chi connectivity index (χ1) is 5.68. The fourth-order valence-electron chi connectivity index (χ4n) is 1.01. The van der Waals surface area contributed by atoms with Crippen molar-refractivity contribution in [2.45, 2.75) is 0 Å². The molecule has 0 saturated heterocycles. The molecule has 0 amide bonds. The van der Waals surface area contributed by atoms with Gasteiger partial charge in [-0.05, 0) is 60.5 Å². The molecule has 2 heterocycles. The highest BCUT2D eigenvalue weighted by Gasteiger charge is 2.05. The van der Waals surface area contributed by atoms with E-state index in [4.69, 9.17) is 0 Å². The number of nitrogens with zero attached hydrogens (tertiary/aromatic N) is 2. The van der Waals surface area contributed by atoms with E-state index < -0.39 is 0 Å². The minimum Gasteiger partial charge on any atom is -0.238 e. The normalized spacial score (nSPS) is 10.9. The zero-order chi connectivity index (χ0) is 8.72. The Balaban J connectivity index is 2.93. The highest BCUT2D eigenvalue weighted by Crippen LogP contribution is 2.25. The molecule has 0 aliphatic carbocycles. The van der Waals surface area contributed by atoms with Crippen LogP contribution in [0.3, 0.4) is 0 Å². The maximum Gasteiger partial charge on any atom is 0.0937 e. The van der Waals surface area contributed by atoms with Gasteiger partial charge in [-0.2, -0.15) is 5.10 Å². The molecule has 0 atom stereocenters. The van der Waals surface area contributed by atoms with Gasteiger partial charge in [0.15, 0.2) is 0 Å². The van der Waals surface area contributed by atoms with Gasteiger partial charge in [-0.3, -0.25) is 0 Å². The Morgan fingerprint density at radius 1 is 1.42 bits per heavy atom. The van der Waals surface area contributed by atoms with Crippen LogP contribution in [0.2, 0.25) is 0 Å². The van der Waals surface area contributed by atoms with Crippen molar-refractivity contribution < 1.29 is 0 Å². The van der Waals surface area contributed by atoms with E-state index in [0.717, 1.165) is 18.0 Å². The molecule has 2 aromatic heterocycles. The Hall–Kier alpha value is 0.380. The second-order valence-electron chi connectivity index (χ2n) is 2.29. The van der Waals surface area contributed by atoms with Crippen LogP contribution < -0.4 is 0 Å². The summed E-state index contributed by atoms with van der Waals surface area (Å²) in [4.78, 5) is 0. The smallest absolute Gasteiger partial charge is 0.0937 e. The van der Waals surface area contributed by atoms with Crippen molar-refractivity contribution in [2.75, 3.05) is 0 Å². The van der Waals surface area contributed by atoms with Crippen LogP contribution in [-0.4, -0.2) is 9.61 Å². The minimum absolute atomic E-state index is 1.02. The van der Waals surface area contributed by atoms with Gasteiger partial charge in [0.1, 0.15) is 0 Å². The van der Waals surface area contributed by atoms with Crippen LogP contribution in [0.1, 0.15) is 0 Å². The molecular weight excluding hydrogens is 399 g/mol. The largest absolute Gasteiger partial charge is 0.238 e. The molecule has 62 valence electrons. The fraction of sp³-hybridized carbons (Fsp3) is 0. The molecular formula is C7H3Br2IN2. The molecule has 0 fully saturated rings. The summed E-state index contributed by atoms with van der Waals surface area (Å²) in [6, 6.07) is 2.01. The van der Waals surface area contributed by atoms with E-state index in [1.54, 1.807) is 0 Å². The summed E-state index contributed by atoms with van der Waals surface area (Å²) in [5.74, 6) is 0. The summed E-state index contributed by atoms with van der Waals surface area (Å²) in [5, 5.41) is 4.19. The lowest BCUT2D eigenvalue weighted by molar-refractivity contribution is 0.953. The Kier molecular flexibility index (Phi) is 2.44. The van der Waals surface area contributed by atoms with Gasteiger partial charge in [-0.25, -0.2) is 4.52 Å². The van der Waals surface area contributed by atoms with Crippen molar-refractivity contribution >= 4 is 60.0 Å². The van der Waals surface area contributed by atoms with Gasteiger partial charge >= 0.3 is 0 Å². The van der Waals surface area contributed by atoms with Gasteiger partial charge in [0.05, 0.1) is 15.3 Å². The lowest BCUT2D eigenvalue weighted by atomic mass is 10.4. The number of pyridine rings is 1. The van der Waals surface area contributed by atoms with Crippen LogP contribution in [0.25, 0.3) is 5.52 Å². The van der Waals surface area contributed by atoms with Crippen LogP contribution >= 0.6 is 54.5 Å². The number of rotatable bonds is 0. The summed E-state index contributed by atoms with van der Waals surface area (Å²) >= 11 is 9.14. The molecule has 5 heteroatoms. The lowest BCUT2D eigenvalue weighted by Gasteiger charge is -1.97. The molecule has 0 N–H and O–H groups in total. The summed E-state index contributed by atoms with van der Waals surface area (Å²) < 4.78 is 5.06. The predicted molar refractivity (Wildman–Crippen MR) is 63.3 cm³/mol. The van der Waals surface area contributed by atoms with Gasteiger partial charge in [0.25, 0.3) is 0 Å². The van der Waals surface area contributed by atoms with Crippen LogP contribution in [0, 0.1) is 3.57 Å². The Labute approximate surface area is 99.7 Å². The average molecular weight is 402 g/mol. The number of halogens is 3. The molecule has 0 aliphatic rings. The highest BCUT2D eigenvalue weighted by molar-refractivity contribution is 14.1. The molecule has 0 bridgehead atoms. The van der Waals surface area contributed by atoms with Gasteiger partial charge in [-0.15, -0.1) is 0 Å². The zero-order valence-corrected chi connectivity index (χ0v) is 11.1. The molecule has 2 rings (SSSR count). The monoisotopic (exact) mass is 400 g/mol. The highest BCUT2D eigenvalue weighted by atomic mass is 127. The Bertz CT molecular complexity index is 438. The quantitative estimate of drug-likeness (QED) is 0.618. The van der Waals surface area contributed by atoms with E-state index in [1.165, 1.54) is 0 Å². The third-order valence-corrected chi connectivity index (χ3v) is 3.31. The van der Waals surface area contributed by atoms with Crippen molar-refractivity contribution in [3.63, 3.8) is 0 Å². The van der Waals surface area contributed by atoms with E-state index in [2.05, 4.69) is 59.5 Å². The van der Waals surface area contributed by atoms with Crippen molar-refractivity contribution in [2.24, 2.45) is 0 Å². The number of fused-ring (bicyclic) bond motifs is 1. The summed E-state index contributed by atoms with van der Waals surface area (Å²) in [6.45, 7) is 0. The molecule has 0 saturated carbocycles. The van der Waals surface area contributed by atoms with E-state index in [0.29, 0.717) is 0 Å². The Morgan fingerprint density at radius 2 is 2.17 bits per heavy atom. The number of aromatic nitrogens is 2.